The number of nitrogens with zero attached hydrogens (tertiary/aromatic N) is 1. The van der Waals surface area contributed by atoms with Crippen LogP contribution in [0.25, 0.3) is 0 Å². The van der Waals surface area contributed by atoms with Gasteiger partial charge in [0, 0.05) is 18.3 Å². The van der Waals surface area contributed by atoms with Gasteiger partial charge in [-0.2, -0.15) is 5.10 Å². The summed E-state index contributed by atoms with van der Waals surface area (Å²) in [6, 6.07) is 0. The van der Waals surface area contributed by atoms with Crippen molar-refractivity contribution in [3.05, 3.63) is 18.0 Å². The van der Waals surface area contributed by atoms with Gasteiger partial charge in [-0.25, -0.2) is 0 Å². The van der Waals surface area contributed by atoms with Gasteiger partial charge in [0.15, 0.2) is 0 Å². The molecule has 1 rings (SSSR count). The fourth-order valence-electron chi connectivity index (χ4n) is 1.02. The van der Waals surface area contributed by atoms with E-state index >= 15 is 0 Å². The zero-order chi connectivity index (χ0) is 10.2. The van der Waals surface area contributed by atoms with E-state index in [0.29, 0.717) is 13.1 Å². The van der Waals surface area contributed by atoms with Gasteiger partial charge in [-0.3, -0.25) is 9.89 Å². The van der Waals surface area contributed by atoms with Gasteiger partial charge in [-0.15, -0.1) is 0 Å². The van der Waals surface area contributed by atoms with Crippen molar-refractivity contribution >= 4 is 5.91 Å². The summed E-state index contributed by atoms with van der Waals surface area (Å²) in [5, 5.41) is 12.3. The highest BCUT2D eigenvalue weighted by Crippen LogP contribution is 1.91. The molecule has 1 aromatic heterocycles. The third-order valence-electron chi connectivity index (χ3n) is 1.76. The van der Waals surface area contributed by atoms with Gasteiger partial charge in [-0.1, -0.05) is 6.92 Å². The Morgan fingerprint density at radius 2 is 2.50 bits per heavy atom. The normalized spacial score (nSPS) is 10.1. The Bertz CT molecular complexity index is 258. The summed E-state index contributed by atoms with van der Waals surface area (Å²) in [4.78, 5) is 11.2. The van der Waals surface area contributed by atoms with Gasteiger partial charge in [-0.05, 0) is 13.0 Å². The molecular weight excluding hydrogens is 180 g/mol. The number of rotatable bonds is 6. The monoisotopic (exact) mass is 196 g/mol. The lowest BCUT2D eigenvalue weighted by Gasteiger charge is -2.03. The van der Waals surface area contributed by atoms with Crippen LogP contribution in [0.15, 0.2) is 12.4 Å². The van der Waals surface area contributed by atoms with Crippen LogP contribution in [0.3, 0.4) is 0 Å². The number of hydrogen-bond acceptors (Lipinski definition) is 3. The Morgan fingerprint density at radius 1 is 1.64 bits per heavy atom. The van der Waals surface area contributed by atoms with Crippen LogP contribution in [0.2, 0.25) is 0 Å². The largest absolute Gasteiger partial charge is 0.351 e. The number of amides is 1. The number of aromatic nitrogens is 2. The van der Waals surface area contributed by atoms with E-state index < -0.39 is 0 Å². The molecule has 0 unspecified atom stereocenters. The molecule has 1 amide bonds. The van der Waals surface area contributed by atoms with Crippen molar-refractivity contribution in [2.24, 2.45) is 0 Å². The van der Waals surface area contributed by atoms with Crippen molar-refractivity contribution in [3.8, 4) is 0 Å². The Morgan fingerprint density at radius 3 is 3.14 bits per heavy atom. The van der Waals surface area contributed by atoms with Gasteiger partial charge in [0.25, 0.3) is 0 Å². The molecule has 5 heteroatoms. The lowest BCUT2D eigenvalue weighted by Crippen LogP contribution is -2.33. The third kappa shape index (κ3) is 4.04. The van der Waals surface area contributed by atoms with Crippen molar-refractivity contribution in [3.63, 3.8) is 0 Å². The zero-order valence-electron chi connectivity index (χ0n) is 8.34. The quantitative estimate of drug-likeness (QED) is 0.562. The number of carbonyl (C=O) groups excluding carboxylic acids is 1. The lowest BCUT2D eigenvalue weighted by atomic mass is 10.3. The molecule has 3 N–H and O–H groups in total. The maximum absolute atomic E-state index is 11.2. The standard InChI is InChI=1S/C9H16N4O/c1-2-3-10-7-9(14)11-4-8-5-12-13-6-8/h5-6,10H,2-4,7H2,1H3,(H,11,14)(H,12,13). The molecule has 0 fully saturated rings. The zero-order valence-corrected chi connectivity index (χ0v) is 8.34. The molecule has 0 atom stereocenters. The molecule has 1 aromatic rings. The van der Waals surface area contributed by atoms with E-state index in [2.05, 4.69) is 27.8 Å². The van der Waals surface area contributed by atoms with Crippen LogP contribution in [-0.4, -0.2) is 29.2 Å². The first-order chi connectivity index (χ1) is 6.83. The molecule has 0 radical (unpaired) electrons. The van der Waals surface area contributed by atoms with Crippen LogP contribution in [0.1, 0.15) is 18.9 Å². The predicted octanol–water partition coefficient (Wildman–Crippen LogP) is 0.0255. The van der Waals surface area contributed by atoms with Gasteiger partial charge in [0.2, 0.25) is 5.91 Å². The molecule has 0 aliphatic carbocycles. The summed E-state index contributed by atoms with van der Waals surface area (Å²) in [6.45, 7) is 3.85. The summed E-state index contributed by atoms with van der Waals surface area (Å²) in [6.07, 6.45) is 4.49. The smallest absolute Gasteiger partial charge is 0.234 e. The fourth-order valence-corrected chi connectivity index (χ4v) is 1.02. The highest BCUT2D eigenvalue weighted by Gasteiger charge is 1.99. The highest BCUT2D eigenvalue weighted by molar-refractivity contribution is 5.77. The van der Waals surface area contributed by atoms with Gasteiger partial charge >= 0.3 is 0 Å². The Labute approximate surface area is 83.3 Å². The number of aromatic amines is 1. The van der Waals surface area contributed by atoms with Crippen LogP contribution < -0.4 is 10.6 Å². The molecule has 1 heterocycles. The van der Waals surface area contributed by atoms with E-state index in [4.69, 9.17) is 0 Å². The number of nitrogens with one attached hydrogen (secondary N) is 3. The third-order valence-corrected chi connectivity index (χ3v) is 1.76. The predicted molar refractivity (Wildman–Crippen MR) is 53.6 cm³/mol. The number of H-pyrrole nitrogens is 1. The Hall–Kier alpha value is -1.36. The van der Waals surface area contributed by atoms with E-state index in [1.54, 1.807) is 12.4 Å². The molecule has 0 saturated heterocycles. The van der Waals surface area contributed by atoms with Crippen molar-refractivity contribution < 1.29 is 4.79 Å². The van der Waals surface area contributed by atoms with Crippen LogP contribution in [0.4, 0.5) is 0 Å². The van der Waals surface area contributed by atoms with E-state index in [0.717, 1.165) is 18.5 Å². The molecule has 0 aliphatic heterocycles. The molecule has 0 spiro atoms. The summed E-state index contributed by atoms with van der Waals surface area (Å²) in [5.41, 5.74) is 0.980. The van der Waals surface area contributed by atoms with Gasteiger partial charge in [0.05, 0.1) is 12.7 Å². The van der Waals surface area contributed by atoms with Crippen LogP contribution in [-0.2, 0) is 11.3 Å². The van der Waals surface area contributed by atoms with E-state index in [1.807, 2.05) is 0 Å². The van der Waals surface area contributed by atoms with E-state index in [-0.39, 0.29) is 5.91 Å². The van der Waals surface area contributed by atoms with Crippen molar-refractivity contribution in [2.45, 2.75) is 19.9 Å². The van der Waals surface area contributed by atoms with Crippen LogP contribution in [0, 0.1) is 0 Å². The van der Waals surface area contributed by atoms with E-state index in [1.165, 1.54) is 0 Å². The average molecular weight is 196 g/mol. The topological polar surface area (TPSA) is 69.8 Å². The maximum Gasteiger partial charge on any atom is 0.234 e. The molecule has 0 aromatic carbocycles. The van der Waals surface area contributed by atoms with Gasteiger partial charge in [0.1, 0.15) is 0 Å². The summed E-state index contributed by atoms with van der Waals surface area (Å²) in [7, 11) is 0. The Balaban J connectivity index is 2.09. The fraction of sp³-hybridized carbons (Fsp3) is 0.556. The first kappa shape index (κ1) is 10.7. The Kier molecular flexibility index (Phi) is 4.71. The minimum atomic E-state index is 0.0136. The molecule has 5 nitrogen and oxygen atoms in total. The van der Waals surface area contributed by atoms with Crippen molar-refractivity contribution in [2.75, 3.05) is 13.1 Å². The molecule has 0 saturated carbocycles. The van der Waals surface area contributed by atoms with Crippen molar-refractivity contribution in [1.82, 2.24) is 20.8 Å². The maximum atomic E-state index is 11.2. The first-order valence-electron chi connectivity index (χ1n) is 4.78. The summed E-state index contributed by atoms with van der Waals surface area (Å²) in [5.74, 6) is 0.0136. The number of hydrogen-bond donors (Lipinski definition) is 3. The molecular formula is C9H16N4O. The second kappa shape index (κ2) is 6.15. The average Bonchev–Trinajstić information content (AvgIpc) is 2.68. The minimum absolute atomic E-state index is 0.0136. The molecule has 0 aliphatic rings. The second-order valence-corrected chi connectivity index (χ2v) is 3.06. The minimum Gasteiger partial charge on any atom is -0.351 e. The molecule has 14 heavy (non-hydrogen) atoms. The summed E-state index contributed by atoms with van der Waals surface area (Å²) < 4.78 is 0. The van der Waals surface area contributed by atoms with Crippen LogP contribution >= 0.6 is 0 Å². The number of carbonyl (C=O) groups is 1. The van der Waals surface area contributed by atoms with Crippen molar-refractivity contribution in [1.29, 1.82) is 0 Å². The SMILES string of the molecule is CCCNCC(=O)NCc1cn[nH]c1. The van der Waals surface area contributed by atoms with Gasteiger partial charge < -0.3 is 10.6 Å². The lowest BCUT2D eigenvalue weighted by molar-refractivity contribution is -0.120. The molecule has 78 valence electrons. The summed E-state index contributed by atoms with van der Waals surface area (Å²) >= 11 is 0. The second-order valence-electron chi connectivity index (χ2n) is 3.06. The molecule has 0 bridgehead atoms. The van der Waals surface area contributed by atoms with E-state index in [9.17, 15) is 4.79 Å². The van der Waals surface area contributed by atoms with Crippen LogP contribution in [0.5, 0.6) is 0 Å². The highest BCUT2D eigenvalue weighted by atomic mass is 16.1. The first-order valence-corrected chi connectivity index (χ1v) is 4.78.